The Hall–Kier alpha value is -3.02. The first kappa shape index (κ1) is 20.7. The summed E-state index contributed by atoms with van der Waals surface area (Å²) >= 11 is 0. The van der Waals surface area contributed by atoms with Crippen molar-refractivity contribution >= 4 is 17.6 Å². The lowest BCUT2D eigenvalue weighted by atomic mass is 9.82. The molecule has 6 heteroatoms. The summed E-state index contributed by atoms with van der Waals surface area (Å²) in [4.78, 5) is 23.5. The van der Waals surface area contributed by atoms with Gasteiger partial charge in [-0.25, -0.2) is 0 Å². The van der Waals surface area contributed by atoms with Crippen LogP contribution in [0.4, 0.5) is 5.69 Å². The average Bonchev–Trinajstić information content (AvgIpc) is 2.69. The standard InChI is InChI=1S/C23H27NO5/c1-15(25)29-20-9-7-17(8-10-20)18-4-3-5-19(14-18)24-23(27)13-16-6-11-21(26)22(12-16)28-2/h3-6,11-12,14,17,20,26H,7-10,13H2,1-2H3,(H,24,27)/t17-,20+. The van der Waals surface area contributed by atoms with E-state index in [2.05, 4.69) is 11.4 Å². The molecule has 0 atom stereocenters. The predicted molar refractivity (Wildman–Crippen MR) is 110 cm³/mol. The van der Waals surface area contributed by atoms with Gasteiger partial charge in [-0.1, -0.05) is 18.2 Å². The van der Waals surface area contributed by atoms with Gasteiger partial charge in [0, 0.05) is 12.6 Å². The van der Waals surface area contributed by atoms with Crippen LogP contribution < -0.4 is 10.1 Å². The first-order chi connectivity index (χ1) is 13.9. The number of esters is 1. The second-order valence-corrected chi connectivity index (χ2v) is 7.44. The molecule has 2 N–H and O–H groups in total. The maximum absolute atomic E-state index is 12.4. The van der Waals surface area contributed by atoms with Gasteiger partial charge < -0.3 is 19.9 Å². The third-order valence-electron chi connectivity index (χ3n) is 5.26. The number of methoxy groups -OCH3 is 1. The SMILES string of the molecule is COc1cc(CC(=O)Nc2cccc([C@H]3CC[C@@H](OC(C)=O)CC3)c2)ccc1O. The molecule has 0 spiro atoms. The summed E-state index contributed by atoms with van der Waals surface area (Å²) < 4.78 is 10.4. The van der Waals surface area contributed by atoms with Crippen LogP contribution in [-0.4, -0.2) is 30.2 Å². The fourth-order valence-corrected chi connectivity index (χ4v) is 3.84. The molecule has 0 radical (unpaired) electrons. The number of ether oxygens (including phenoxy) is 2. The molecule has 1 saturated carbocycles. The van der Waals surface area contributed by atoms with E-state index in [1.165, 1.54) is 25.7 Å². The molecule has 1 amide bonds. The van der Waals surface area contributed by atoms with Crippen LogP contribution >= 0.6 is 0 Å². The van der Waals surface area contributed by atoms with Crippen LogP contribution in [0.25, 0.3) is 0 Å². The third kappa shape index (κ3) is 5.73. The van der Waals surface area contributed by atoms with Crippen molar-refractivity contribution in [1.29, 1.82) is 0 Å². The number of amides is 1. The lowest BCUT2D eigenvalue weighted by Gasteiger charge is -2.28. The molecule has 0 bridgehead atoms. The summed E-state index contributed by atoms with van der Waals surface area (Å²) in [5, 5.41) is 12.6. The van der Waals surface area contributed by atoms with Crippen LogP contribution in [0.2, 0.25) is 0 Å². The molecule has 154 valence electrons. The maximum atomic E-state index is 12.4. The molecule has 0 heterocycles. The molecular formula is C23H27NO5. The van der Waals surface area contributed by atoms with Gasteiger partial charge in [-0.3, -0.25) is 9.59 Å². The largest absolute Gasteiger partial charge is 0.504 e. The van der Waals surface area contributed by atoms with Crippen LogP contribution in [0, 0.1) is 0 Å². The van der Waals surface area contributed by atoms with Crippen molar-refractivity contribution in [2.45, 2.75) is 51.0 Å². The van der Waals surface area contributed by atoms with Gasteiger partial charge in [0.05, 0.1) is 13.5 Å². The molecule has 3 rings (SSSR count). The lowest BCUT2D eigenvalue weighted by Crippen LogP contribution is -2.22. The third-order valence-corrected chi connectivity index (χ3v) is 5.26. The first-order valence-electron chi connectivity index (χ1n) is 9.87. The molecule has 0 aliphatic heterocycles. The number of phenols is 1. The number of carbonyl (C=O) groups excluding carboxylic acids is 2. The minimum absolute atomic E-state index is 0.0222. The Labute approximate surface area is 170 Å². The molecule has 0 saturated heterocycles. The van der Waals surface area contributed by atoms with Crippen LogP contribution in [-0.2, 0) is 20.7 Å². The van der Waals surface area contributed by atoms with Crippen molar-refractivity contribution in [2.24, 2.45) is 0 Å². The van der Waals surface area contributed by atoms with E-state index in [1.54, 1.807) is 12.1 Å². The number of anilines is 1. The summed E-state index contributed by atoms with van der Waals surface area (Å²) in [6, 6.07) is 12.8. The van der Waals surface area contributed by atoms with E-state index in [0.717, 1.165) is 36.9 Å². The van der Waals surface area contributed by atoms with E-state index in [9.17, 15) is 14.7 Å². The van der Waals surface area contributed by atoms with Gasteiger partial charge in [-0.2, -0.15) is 0 Å². The number of benzene rings is 2. The van der Waals surface area contributed by atoms with E-state index in [-0.39, 0.29) is 30.2 Å². The highest BCUT2D eigenvalue weighted by Crippen LogP contribution is 2.35. The van der Waals surface area contributed by atoms with Gasteiger partial charge in [0.2, 0.25) is 5.91 Å². The van der Waals surface area contributed by atoms with Crippen LogP contribution in [0.3, 0.4) is 0 Å². The number of hydrogen-bond donors (Lipinski definition) is 2. The molecule has 1 aliphatic carbocycles. The Balaban J connectivity index is 1.58. The van der Waals surface area contributed by atoms with Gasteiger partial charge in [0.25, 0.3) is 0 Å². The lowest BCUT2D eigenvalue weighted by molar-refractivity contribution is -0.147. The zero-order valence-electron chi connectivity index (χ0n) is 16.8. The minimum Gasteiger partial charge on any atom is -0.504 e. The minimum atomic E-state index is -0.218. The number of carbonyl (C=O) groups is 2. The van der Waals surface area contributed by atoms with Crippen molar-refractivity contribution in [1.82, 2.24) is 0 Å². The van der Waals surface area contributed by atoms with Gasteiger partial charge in [-0.15, -0.1) is 0 Å². The molecule has 2 aromatic rings. The molecule has 1 aliphatic rings. The number of hydrogen-bond acceptors (Lipinski definition) is 5. The number of rotatable bonds is 6. The molecule has 0 unspecified atom stereocenters. The molecule has 29 heavy (non-hydrogen) atoms. The topological polar surface area (TPSA) is 84.9 Å². The average molecular weight is 397 g/mol. The Morgan fingerprint density at radius 3 is 2.55 bits per heavy atom. The van der Waals surface area contributed by atoms with Crippen LogP contribution in [0.1, 0.15) is 49.7 Å². The Bertz CT molecular complexity index is 871. The fraction of sp³-hybridized carbons (Fsp3) is 0.391. The highest BCUT2D eigenvalue weighted by molar-refractivity contribution is 5.92. The normalized spacial score (nSPS) is 18.7. The van der Waals surface area contributed by atoms with Crippen LogP contribution in [0.15, 0.2) is 42.5 Å². The van der Waals surface area contributed by atoms with Gasteiger partial charge in [-0.05, 0) is 67.0 Å². The smallest absolute Gasteiger partial charge is 0.302 e. The van der Waals surface area contributed by atoms with Crippen LogP contribution in [0.5, 0.6) is 11.5 Å². The van der Waals surface area contributed by atoms with E-state index in [1.807, 2.05) is 18.2 Å². The Morgan fingerprint density at radius 1 is 1.10 bits per heavy atom. The Kier molecular flexibility index (Phi) is 6.75. The second-order valence-electron chi connectivity index (χ2n) is 7.44. The maximum Gasteiger partial charge on any atom is 0.302 e. The highest BCUT2D eigenvalue weighted by Gasteiger charge is 2.24. The van der Waals surface area contributed by atoms with Gasteiger partial charge >= 0.3 is 5.97 Å². The highest BCUT2D eigenvalue weighted by atomic mass is 16.5. The van der Waals surface area contributed by atoms with Crippen molar-refractivity contribution in [3.05, 3.63) is 53.6 Å². The van der Waals surface area contributed by atoms with Gasteiger partial charge in [0.1, 0.15) is 6.10 Å². The summed E-state index contributed by atoms with van der Waals surface area (Å²) in [6.45, 7) is 1.45. The van der Waals surface area contributed by atoms with E-state index >= 15 is 0 Å². The van der Waals surface area contributed by atoms with E-state index in [0.29, 0.717) is 11.7 Å². The number of nitrogens with one attached hydrogen (secondary N) is 1. The van der Waals surface area contributed by atoms with Crippen molar-refractivity contribution < 1.29 is 24.2 Å². The van der Waals surface area contributed by atoms with Crippen molar-refractivity contribution in [3.63, 3.8) is 0 Å². The summed E-state index contributed by atoms with van der Waals surface area (Å²) in [5.41, 5.74) is 2.72. The van der Waals surface area contributed by atoms with Crippen molar-refractivity contribution in [3.8, 4) is 11.5 Å². The second kappa shape index (κ2) is 9.45. The Morgan fingerprint density at radius 2 is 1.86 bits per heavy atom. The summed E-state index contributed by atoms with van der Waals surface area (Å²) in [5.74, 6) is 0.451. The molecule has 2 aromatic carbocycles. The molecule has 6 nitrogen and oxygen atoms in total. The molecule has 1 fully saturated rings. The first-order valence-corrected chi connectivity index (χ1v) is 9.87. The predicted octanol–water partition coefficient (Wildman–Crippen LogP) is 4.17. The fourth-order valence-electron chi connectivity index (χ4n) is 3.84. The number of aromatic hydroxyl groups is 1. The van der Waals surface area contributed by atoms with E-state index < -0.39 is 0 Å². The van der Waals surface area contributed by atoms with Crippen molar-refractivity contribution in [2.75, 3.05) is 12.4 Å². The zero-order chi connectivity index (χ0) is 20.8. The molecule has 0 aromatic heterocycles. The summed E-state index contributed by atoms with van der Waals surface area (Å²) in [6.07, 6.45) is 3.86. The monoisotopic (exact) mass is 397 g/mol. The zero-order valence-corrected chi connectivity index (χ0v) is 16.8. The van der Waals surface area contributed by atoms with Gasteiger partial charge in [0.15, 0.2) is 11.5 Å². The van der Waals surface area contributed by atoms with E-state index in [4.69, 9.17) is 9.47 Å². The number of phenolic OH excluding ortho intramolecular Hbond substituents is 1. The summed E-state index contributed by atoms with van der Waals surface area (Å²) in [7, 11) is 1.48. The molecular weight excluding hydrogens is 370 g/mol. The quantitative estimate of drug-likeness (QED) is 0.715.